The Balaban J connectivity index is 1.60. The Morgan fingerprint density at radius 2 is 2.20 bits per heavy atom. The highest BCUT2D eigenvalue weighted by atomic mass is 16.3. The second kappa shape index (κ2) is 3.94. The van der Waals surface area contributed by atoms with Gasteiger partial charge in [-0.25, -0.2) is 4.98 Å². The van der Waals surface area contributed by atoms with Gasteiger partial charge in [-0.1, -0.05) is 0 Å². The summed E-state index contributed by atoms with van der Waals surface area (Å²) in [4.78, 5) is 6.96. The van der Waals surface area contributed by atoms with Crippen molar-refractivity contribution in [3.8, 4) is 0 Å². The Labute approximate surface area is 89.7 Å². The van der Waals surface area contributed by atoms with E-state index in [-0.39, 0.29) is 0 Å². The third-order valence-electron chi connectivity index (χ3n) is 3.09. The van der Waals surface area contributed by atoms with Gasteiger partial charge in [0.15, 0.2) is 5.89 Å². The molecule has 1 aliphatic carbocycles. The van der Waals surface area contributed by atoms with Gasteiger partial charge in [0.25, 0.3) is 0 Å². The third-order valence-corrected chi connectivity index (χ3v) is 3.09. The van der Waals surface area contributed by atoms with Crippen LogP contribution in [0, 0.1) is 0 Å². The molecule has 1 aliphatic heterocycles. The van der Waals surface area contributed by atoms with E-state index in [9.17, 15) is 0 Å². The van der Waals surface area contributed by atoms with Crippen molar-refractivity contribution in [1.82, 2.24) is 15.2 Å². The van der Waals surface area contributed by atoms with Crippen LogP contribution in [0.25, 0.3) is 0 Å². The van der Waals surface area contributed by atoms with Crippen LogP contribution >= 0.6 is 0 Å². The lowest BCUT2D eigenvalue weighted by Gasteiger charge is -2.26. The first kappa shape index (κ1) is 9.36. The smallest absolute Gasteiger partial charge is 0.197 e. The molecular weight excluding hydrogens is 190 g/mol. The molecule has 1 N–H and O–H groups in total. The normalized spacial score (nSPS) is 23.2. The van der Waals surface area contributed by atoms with Gasteiger partial charge >= 0.3 is 0 Å². The Bertz CT molecular complexity index is 326. The Morgan fingerprint density at radius 3 is 2.93 bits per heavy atom. The summed E-state index contributed by atoms with van der Waals surface area (Å²) in [6.45, 7) is 5.36. The van der Waals surface area contributed by atoms with Gasteiger partial charge in [-0.05, 0) is 12.8 Å². The molecule has 4 heteroatoms. The number of piperazine rings is 1. The molecule has 2 heterocycles. The molecule has 1 aromatic heterocycles. The summed E-state index contributed by atoms with van der Waals surface area (Å²) in [6, 6.07) is 0. The quantitative estimate of drug-likeness (QED) is 0.801. The fraction of sp³-hybridized carbons (Fsp3) is 0.727. The van der Waals surface area contributed by atoms with Gasteiger partial charge in [0.2, 0.25) is 0 Å². The van der Waals surface area contributed by atoms with Gasteiger partial charge in [-0.15, -0.1) is 0 Å². The summed E-state index contributed by atoms with van der Waals surface area (Å²) in [5.41, 5.74) is 1.10. The van der Waals surface area contributed by atoms with Gasteiger partial charge in [0.1, 0.15) is 6.26 Å². The molecule has 0 spiro atoms. The van der Waals surface area contributed by atoms with Gasteiger partial charge < -0.3 is 9.73 Å². The van der Waals surface area contributed by atoms with Crippen LogP contribution in [0.4, 0.5) is 0 Å². The molecule has 3 rings (SSSR count). The number of hydrogen-bond donors (Lipinski definition) is 1. The summed E-state index contributed by atoms with van der Waals surface area (Å²) in [5, 5.41) is 3.35. The van der Waals surface area contributed by atoms with Crippen molar-refractivity contribution in [2.45, 2.75) is 25.3 Å². The van der Waals surface area contributed by atoms with Crippen molar-refractivity contribution in [2.75, 3.05) is 26.2 Å². The summed E-state index contributed by atoms with van der Waals surface area (Å²) < 4.78 is 5.48. The molecule has 4 nitrogen and oxygen atoms in total. The number of nitrogens with one attached hydrogen (secondary N) is 1. The maximum atomic E-state index is 5.48. The van der Waals surface area contributed by atoms with Crippen molar-refractivity contribution >= 4 is 0 Å². The number of oxazole rings is 1. The van der Waals surface area contributed by atoms with Crippen LogP contribution in [-0.4, -0.2) is 36.1 Å². The van der Waals surface area contributed by atoms with E-state index < -0.39 is 0 Å². The number of hydrogen-bond acceptors (Lipinski definition) is 4. The molecule has 0 aromatic carbocycles. The molecule has 1 saturated heterocycles. The van der Waals surface area contributed by atoms with Crippen molar-refractivity contribution < 1.29 is 4.42 Å². The third kappa shape index (κ3) is 2.21. The topological polar surface area (TPSA) is 41.3 Å². The minimum Gasteiger partial charge on any atom is -0.448 e. The molecule has 2 aliphatic rings. The average molecular weight is 207 g/mol. The lowest BCUT2D eigenvalue weighted by atomic mass is 10.3. The Morgan fingerprint density at radius 1 is 1.40 bits per heavy atom. The lowest BCUT2D eigenvalue weighted by Crippen LogP contribution is -2.42. The first-order valence-electron chi connectivity index (χ1n) is 5.79. The predicted molar refractivity (Wildman–Crippen MR) is 56.6 cm³/mol. The lowest BCUT2D eigenvalue weighted by molar-refractivity contribution is 0.230. The van der Waals surface area contributed by atoms with E-state index in [0.717, 1.165) is 44.3 Å². The van der Waals surface area contributed by atoms with Crippen molar-refractivity contribution in [2.24, 2.45) is 0 Å². The number of nitrogens with zero attached hydrogens (tertiary/aromatic N) is 2. The van der Waals surface area contributed by atoms with Crippen molar-refractivity contribution in [3.05, 3.63) is 17.8 Å². The Kier molecular flexibility index (Phi) is 2.46. The van der Waals surface area contributed by atoms with Crippen LogP contribution < -0.4 is 5.32 Å². The minimum atomic E-state index is 0.627. The zero-order valence-electron chi connectivity index (χ0n) is 8.91. The largest absolute Gasteiger partial charge is 0.448 e. The van der Waals surface area contributed by atoms with Gasteiger partial charge in [0, 0.05) is 38.6 Å². The van der Waals surface area contributed by atoms with Crippen LogP contribution in [0.2, 0.25) is 0 Å². The van der Waals surface area contributed by atoms with E-state index >= 15 is 0 Å². The highest BCUT2D eigenvalue weighted by Crippen LogP contribution is 2.39. The van der Waals surface area contributed by atoms with Crippen molar-refractivity contribution in [1.29, 1.82) is 0 Å². The average Bonchev–Trinajstić information content (AvgIpc) is 3.02. The molecule has 0 bridgehead atoms. The fourth-order valence-corrected chi connectivity index (χ4v) is 2.01. The predicted octanol–water partition coefficient (Wildman–Crippen LogP) is 0.957. The van der Waals surface area contributed by atoms with Crippen LogP contribution in [-0.2, 0) is 6.54 Å². The summed E-state index contributed by atoms with van der Waals surface area (Å²) in [7, 11) is 0. The molecule has 1 saturated carbocycles. The van der Waals surface area contributed by atoms with Crippen LogP contribution in [0.1, 0.15) is 30.3 Å². The van der Waals surface area contributed by atoms with Gasteiger partial charge in [-0.2, -0.15) is 0 Å². The Hall–Kier alpha value is -0.870. The second-order valence-electron chi connectivity index (χ2n) is 4.48. The molecular formula is C11H17N3O. The second-order valence-corrected chi connectivity index (χ2v) is 4.48. The summed E-state index contributed by atoms with van der Waals surface area (Å²) in [5.74, 6) is 1.59. The van der Waals surface area contributed by atoms with E-state index in [1.54, 1.807) is 0 Å². The van der Waals surface area contributed by atoms with E-state index in [1.807, 2.05) is 6.26 Å². The van der Waals surface area contributed by atoms with E-state index in [2.05, 4.69) is 15.2 Å². The van der Waals surface area contributed by atoms with Gasteiger partial charge in [0.05, 0.1) is 5.69 Å². The maximum Gasteiger partial charge on any atom is 0.197 e. The van der Waals surface area contributed by atoms with E-state index in [0.29, 0.717) is 5.92 Å². The summed E-state index contributed by atoms with van der Waals surface area (Å²) >= 11 is 0. The van der Waals surface area contributed by atoms with Crippen LogP contribution in [0.5, 0.6) is 0 Å². The molecule has 0 radical (unpaired) electrons. The standard InChI is InChI=1S/C11H17N3O/c1-2-9(1)11-13-10(8-15-11)7-14-5-3-12-4-6-14/h8-9,12H,1-7H2. The minimum absolute atomic E-state index is 0.627. The number of rotatable bonds is 3. The molecule has 15 heavy (non-hydrogen) atoms. The molecule has 0 amide bonds. The van der Waals surface area contributed by atoms with Crippen molar-refractivity contribution in [3.63, 3.8) is 0 Å². The first-order chi connectivity index (χ1) is 7.42. The molecule has 2 fully saturated rings. The summed E-state index contributed by atoms with van der Waals surface area (Å²) in [6.07, 6.45) is 4.34. The van der Waals surface area contributed by atoms with E-state index in [1.165, 1.54) is 12.8 Å². The monoisotopic (exact) mass is 207 g/mol. The first-order valence-corrected chi connectivity index (χ1v) is 5.79. The fourth-order valence-electron chi connectivity index (χ4n) is 2.01. The SMILES string of the molecule is c1oc(C2CC2)nc1CN1CCNCC1. The molecule has 82 valence electrons. The van der Waals surface area contributed by atoms with Crippen LogP contribution in [0.3, 0.4) is 0 Å². The zero-order chi connectivity index (χ0) is 10.1. The highest BCUT2D eigenvalue weighted by Gasteiger charge is 2.28. The van der Waals surface area contributed by atoms with Crippen LogP contribution in [0.15, 0.2) is 10.7 Å². The molecule has 0 unspecified atom stereocenters. The van der Waals surface area contributed by atoms with E-state index in [4.69, 9.17) is 4.42 Å². The zero-order valence-corrected chi connectivity index (χ0v) is 8.91. The highest BCUT2D eigenvalue weighted by molar-refractivity contribution is 5.06. The number of aromatic nitrogens is 1. The molecule has 1 aromatic rings. The maximum absolute atomic E-state index is 5.48. The van der Waals surface area contributed by atoms with Gasteiger partial charge in [-0.3, -0.25) is 4.90 Å². The molecule has 0 atom stereocenters.